The van der Waals surface area contributed by atoms with Crippen molar-refractivity contribution in [2.24, 2.45) is 17.6 Å². The Hall–Kier alpha value is -1.76. The van der Waals surface area contributed by atoms with Crippen LogP contribution in [0.4, 0.5) is 13.2 Å². The maximum atomic E-state index is 12.4. The molecule has 1 aromatic carbocycles. The molecule has 0 amide bonds. The summed E-state index contributed by atoms with van der Waals surface area (Å²) in [6.45, 7) is 2.65. The minimum absolute atomic E-state index is 0.0423. The van der Waals surface area contributed by atoms with Gasteiger partial charge in [-0.2, -0.15) is 13.2 Å². The van der Waals surface area contributed by atoms with Crippen LogP contribution < -0.4 is 10.5 Å². The van der Waals surface area contributed by atoms with Crippen LogP contribution in [0.2, 0.25) is 0 Å². The maximum Gasteiger partial charge on any atom is 0.416 e. The standard InChI is InChI=1S/C16H22F3NO3/c1-11(8-12(10-20)9-15(21)22)6-7-23-14-4-2-13(3-5-14)16(17,18)19/h2-5,11-12H,6-10,20H2,1H3,(H,21,22)/t11?,12-/m0/s1. The molecule has 0 fully saturated rings. The first kappa shape index (κ1) is 19.3. The molecule has 1 rings (SSSR count). The molecule has 2 atom stereocenters. The van der Waals surface area contributed by atoms with Gasteiger partial charge in [-0.1, -0.05) is 6.92 Å². The molecule has 0 bridgehead atoms. The molecule has 1 aromatic rings. The summed E-state index contributed by atoms with van der Waals surface area (Å²) in [6, 6.07) is 4.55. The molecular weight excluding hydrogens is 311 g/mol. The number of ether oxygens (including phenoxy) is 1. The summed E-state index contributed by atoms with van der Waals surface area (Å²) in [5.41, 5.74) is 4.84. The van der Waals surface area contributed by atoms with Gasteiger partial charge in [0.05, 0.1) is 12.2 Å². The van der Waals surface area contributed by atoms with Crippen molar-refractivity contribution in [3.05, 3.63) is 29.8 Å². The van der Waals surface area contributed by atoms with Gasteiger partial charge in [-0.25, -0.2) is 0 Å². The fourth-order valence-electron chi connectivity index (χ4n) is 2.31. The highest BCUT2D eigenvalue weighted by Gasteiger charge is 2.30. The largest absolute Gasteiger partial charge is 0.494 e. The zero-order valence-electron chi connectivity index (χ0n) is 13.0. The third-order valence-electron chi connectivity index (χ3n) is 3.59. The first-order chi connectivity index (χ1) is 10.7. The second-order valence-electron chi connectivity index (χ2n) is 5.70. The smallest absolute Gasteiger partial charge is 0.416 e. The monoisotopic (exact) mass is 333 g/mol. The number of alkyl halides is 3. The zero-order valence-corrected chi connectivity index (χ0v) is 13.0. The lowest BCUT2D eigenvalue weighted by molar-refractivity contribution is -0.138. The summed E-state index contributed by atoms with van der Waals surface area (Å²) in [7, 11) is 0. The number of nitrogens with two attached hydrogens (primary N) is 1. The van der Waals surface area contributed by atoms with Crippen LogP contribution in [0.3, 0.4) is 0 Å². The van der Waals surface area contributed by atoms with Gasteiger partial charge in [-0.05, 0) is 55.5 Å². The number of carbonyl (C=O) groups is 1. The lowest BCUT2D eigenvalue weighted by atomic mass is 9.91. The molecule has 0 aliphatic rings. The second-order valence-corrected chi connectivity index (χ2v) is 5.70. The van der Waals surface area contributed by atoms with E-state index in [4.69, 9.17) is 15.6 Å². The van der Waals surface area contributed by atoms with Crippen LogP contribution in [0.1, 0.15) is 31.7 Å². The Morgan fingerprint density at radius 1 is 1.30 bits per heavy atom. The van der Waals surface area contributed by atoms with E-state index in [-0.39, 0.29) is 18.3 Å². The van der Waals surface area contributed by atoms with E-state index in [1.807, 2.05) is 6.92 Å². The zero-order chi connectivity index (χ0) is 17.5. The number of hydrogen-bond acceptors (Lipinski definition) is 3. The van der Waals surface area contributed by atoms with Gasteiger partial charge in [-0.15, -0.1) is 0 Å². The number of rotatable bonds is 9. The Bertz CT molecular complexity index is 488. The molecule has 0 saturated carbocycles. The second kappa shape index (κ2) is 8.76. The Morgan fingerprint density at radius 3 is 2.39 bits per heavy atom. The van der Waals surface area contributed by atoms with Crippen LogP contribution in [0.15, 0.2) is 24.3 Å². The molecule has 0 aliphatic heterocycles. The Morgan fingerprint density at radius 2 is 1.91 bits per heavy atom. The van der Waals surface area contributed by atoms with E-state index in [1.54, 1.807) is 0 Å². The number of hydrogen-bond donors (Lipinski definition) is 2. The van der Waals surface area contributed by atoms with E-state index in [9.17, 15) is 18.0 Å². The number of halogens is 3. The van der Waals surface area contributed by atoms with Gasteiger partial charge < -0.3 is 15.6 Å². The molecular formula is C16H22F3NO3. The van der Waals surface area contributed by atoms with Crippen molar-refractivity contribution in [2.75, 3.05) is 13.2 Å². The van der Waals surface area contributed by atoms with Gasteiger partial charge in [0.25, 0.3) is 0 Å². The highest BCUT2D eigenvalue weighted by Crippen LogP contribution is 2.30. The molecule has 23 heavy (non-hydrogen) atoms. The van der Waals surface area contributed by atoms with Crippen LogP contribution in [0, 0.1) is 11.8 Å². The first-order valence-corrected chi connectivity index (χ1v) is 7.44. The van der Waals surface area contributed by atoms with Gasteiger partial charge in [0.15, 0.2) is 0 Å². The summed E-state index contributed by atoms with van der Waals surface area (Å²) in [6.07, 6.45) is -2.95. The van der Waals surface area contributed by atoms with E-state index in [2.05, 4.69) is 0 Å². The lowest BCUT2D eigenvalue weighted by Crippen LogP contribution is -2.21. The van der Waals surface area contributed by atoms with Crippen molar-refractivity contribution >= 4 is 5.97 Å². The molecule has 3 N–H and O–H groups in total. The lowest BCUT2D eigenvalue weighted by Gasteiger charge is -2.18. The summed E-state index contributed by atoms with van der Waals surface area (Å²) in [5, 5.41) is 8.77. The fourth-order valence-corrected chi connectivity index (χ4v) is 2.31. The van der Waals surface area contributed by atoms with Crippen molar-refractivity contribution in [1.82, 2.24) is 0 Å². The van der Waals surface area contributed by atoms with Crippen LogP contribution in [-0.2, 0) is 11.0 Å². The van der Waals surface area contributed by atoms with Gasteiger partial charge >= 0.3 is 12.1 Å². The molecule has 0 saturated heterocycles. The molecule has 0 aromatic heterocycles. The minimum Gasteiger partial charge on any atom is -0.494 e. The predicted octanol–water partition coefficient (Wildman–Crippen LogP) is 3.55. The SMILES string of the molecule is CC(CCOc1ccc(C(F)(F)F)cc1)C[C@H](CN)CC(=O)O. The molecule has 130 valence electrons. The van der Waals surface area contributed by atoms with Gasteiger partial charge in [-0.3, -0.25) is 4.79 Å². The quantitative estimate of drug-likeness (QED) is 0.725. The van der Waals surface area contributed by atoms with Crippen LogP contribution in [-0.4, -0.2) is 24.2 Å². The highest BCUT2D eigenvalue weighted by molar-refractivity contribution is 5.67. The average Bonchev–Trinajstić information content (AvgIpc) is 2.45. The summed E-state index contributed by atoms with van der Waals surface area (Å²) >= 11 is 0. The van der Waals surface area contributed by atoms with Gasteiger partial charge in [0.2, 0.25) is 0 Å². The van der Waals surface area contributed by atoms with Crippen LogP contribution in [0.5, 0.6) is 5.75 Å². The number of carboxylic acid groups (broad SMARTS) is 1. The summed E-state index contributed by atoms with van der Waals surface area (Å²) in [5.74, 6) is -0.342. The molecule has 4 nitrogen and oxygen atoms in total. The van der Waals surface area contributed by atoms with E-state index in [0.717, 1.165) is 12.1 Å². The number of aliphatic carboxylic acids is 1. The highest BCUT2D eigenvalue weighted by atomic mass is 19.4. The Kier molecular flexibility index (Phi) is 7.35. The fraction of sp³-hybridized carbons (Fsp3) is 0.562. The topological polar surface area (TPSA) is 72.5 Å². The molecule has 0 spiro atoms. The molecule has 0 aliphatic carbocycles. The van der Waals surface area contributed by atoms with Gasteiger partial charge in [0, 0.05) is 6.42 Å². The normalized spacial score (nSPS) is 14.3. The number of benzene rings is 1. The van der Waals surface area contributed by atoms with E-state index in [1.165, 1.54) is 12.1 Å². The Balaban J connectivity index is 2.37. The van der Waals surface area contributed by atoms with Crippen molar-refractivity contribution in [1.29, 1.82) is 0 Å². The van der Waals surface area contributed by atoms with E-state index in [0.29, 0.717) is 31.7 Å². The van der Waals surface area contributed by atoms with Crippen molar-refractivity contribution in [2.45, 2.75) is 32.4 Å². The maximum absolute atomic E-state index is 12.4. The molecule has 0 heterocycles. The summed E-state index contributed by atoms with van der Waals surface area (Å²) in [4.78, 5) is 10.7. The predicted molar refractivity (Wildman–Crippen MR) is 80.1 cm³/mol. The van der Waals surface area contributed by atoms with Gasteiger partial charge in [0.1, 0.15) is 5.75 Å². The Labute approximate surface area is 133 Å². The third-order valence-corrected chi connectivity index (χ3v) is 3.59. The average molecular weight is 333 g/mol. The first-order valence-electron chi connectivity index (χ1n) is 7.44. The van der Waals surface area contributed by atoms with E-state index < -0.39 is 17.7 Å². The van der Waals surface area contributed by atoms with Crippen molar-refractivity contribution < 1.29 is 27.8 Å². The van der Waals surface area contributed by atoms with E-state index >= 15 is 0 Å². The third kappa shape index (κ3) is 7.36. The molecule has 1 unspecified atom stereocenters. The van der Waals surface area contributed by atoms with Crippen LogP contribution in [0.25, 0.3) is 0 Å². The summed E-state index contributed by atoms with van der Waals surface area (Å²) < 4.78 is 42.7. The number of carboxylic acids is 1. The van der Waals surface area contributed by atoms with Crippen molar-refractivity contribution in [3.63, 3.8) is 0 Å². The molecule has 7 heteroatoms. The van der Waals surface area contributed by atoms with Crippen molar-refractivity contribution in [3.8, 4) is 5.75 Å². The molecule has 0 radical (unpaired) electrons. The van der Waals surface area contributed by atoms with Crippen LogP contribution >= 0.6 is 0 Å². The minimum atomic E-state index is -4.35.